The van der Waals surface area contributed by atoms with Crippen molar-refractivity contribution >= 4 is 71.7 Å². The number of hydrogen-bond donors (Lipinski definition) is 4. The second-order valence-corrected chi connectivity index (χ2v) is 16.0. The van der Waals surface area contributed by atoms with E-state index >= 15 is 0 Å². The maximum atomic E-state index is 11.4. The molecule has 5 N–H and O–H groups in total. The largest absolute Gasteiger partial charge is 0.481 e. The lowest BCUT2D eigenvalue weighted by Gasteiger charge is -2.21. The molecule has 0 aliphatic heterocycles. The monoisotopic (exact) mass is 770 g/mol. The van der Waals surface area contributed by atoms with Gasteiger partial charge in [-0.25, -0.2) is 14.3 Å². The molecule has 49 heavy (non-hydrogen) atoms. The van der Waals surface area contributed by atoms with Crippen molar-refractivity contribution < 1.29 is 38.9 Å². The van der Waals surface area contributed by atoms with Gasteiger partial charge in [0, 0.05) is 0 Å². The van der Waals surface area contributed by atoms with Gasteiger partial charge in [-0.2, -0.15) is 40.5 Å². The van der Waals surface area contributed by atoms with Crippen molar-refractivity contribution in [2.45, 2.75) is 109 Å². The zero-order valence-corrected chi connectivity index (χ0v) is 33.3. The summed E-state index contributed by atoms with van der Waals surface area (Å²) >= 11 is 4.87. The molecule has 0 radical (unpaired) electrons. The van der Waals surface area contributed by atoms with Gasteiger partial charge in [-0.3, -0.25) is 9.59 Å². The Hall–Kier alpha value is -2.39. The van der Waals surface area contributed by atoms with Crippen molar-refractivity contribution in [3.05, 3.63) is 11.9 Å². The fourth-order valence-electron chi connectivity index (χ4n) is 3.66. The number of nitrogens with two attached hydrogens (primary N) is 1. The number of carboxylic acid groups (broad SMARTS) is 2. The molecule has 2 rings (SSSR count). The minimum absolute atomic E-state index is 0. The molecule has 0 aromatic carbocycles. The number of esters is 1. The van der Waals surface area contributed by atoms with Crippen molar-refractivity contribution in [1.82, 2.24) is 20.3 Å². The second-order valence-electron chi connectivity index (χ2n) is 13.0. The molecule has 1 fully saturated rings. The quantitative estimate of drug-likeness (QED) is 0.156. The zero-order chi connectivity index (χ0) is 37.1. The van der Waals surface area contributed by atoms with Gasteiger partial charge in [-0.1, -0.05) is 5.21 Å². The summed E-state index contributed by atoms with van der Waals surface area (Å²) in [7, 11) is 0. The number of nitriles is 1. The van der Waals surface area contributed by atoms with Crippen molar-refractivity contribution in [1.29, 1.82) is 5.26 Å². The van der Waals surface area contributed by atoms with Gasteiger partial charge in [0.1, 0.15) is 17.2 Å². The van der Waals surface area contributed by atoms with Crippen LogP contribution >= 0.6 is 47.7 Å². The molecule has 1 saturated carbocycles. The number of hydrogen-bond acceptors (Lipinski definition) is 13. The van der Waals surface area contributed by atoms with E-state index in [0.717, 1.165) is 36.5 Å². The highest BCUT2D eigenvalue weighted by molar-refractivity contribution is 7.98. The number of nitrogens with one attached hydrogen (secondary N) is 1. The van der Waals surface area contributed by atoms with E-state index in [0.29, 0.717) is 18.6 Å². The molecule has 0 saturated heterocycles. The third-order valence-corrected chi connectivity index (χ3v) is 8.28. The van der Waals surface area contributed by atoms with E-state index < -0.39 is 52.7 Å². The first-order valence-corrected chi connectivity index (χ1v) is 19.7. The summed E-state index contributed by atoms with van der Waals surface area (Å²) in [6, 6.07) is 1.32. The van der Waals surface area contributed by atoms with Crippen molar-refractivity contribution in [2.24, 2.45) is 11.7 Å². The second kappa shape index (κ2) is 23.9. The van der Waals surface area contributed by atoms with Gasteiger partial charge in [-0.15, -0.1) is 17.5 Å². The number of halogens is 1. The van der Waals surface area contributed by atoms with E-state index in [4.69, 9.17) is 30.7 Å². The summed E-state index contributed by atoms with van der Waals surface area (Å²) in [5, 5.41) is 37.2. The molecule has 0 bridgehead atoms. The van der Waals surface area contributed by atoms with Crippen LogP contribution in [0.15, 0.2) is 6.20 Å². The van der Waals surface area contributed by atoms with E-state index in [1.807, 2.05) is 18.7 Å². The smallest absolute Gasteiger partial charge is 0.408 e. The lowest BCUT2D eigenvalue weighted by atomic mass is 10.0. The number of nitrogens with zero attached hydrogens (tertiary/aromatic N) is 4. The molecule has 0 unspecified atom stereocenters. The van der Waals surface area contributed by atoms with E-state index in [-0.39, 0.29) is 24.9 Å². The Morgan fingerprint density at radius 3 is 1.90 bits per heavy atom. The number of ether oxygens (including phenoxy) is 2. The zero-order valence-electron chi connectivity index (χ0n) is 30.0. The summed E-state index contributed by atoms with van der Waals surface area (Å²) in [6.45, 7) is 10.5. The van der Waals surface area contributed by atoms with Crippen molar-refractivity contribution in [3.63, 3.8) is 0 Å². The first-order valence-electron chi connectivity index (χ1n) is 15.5. The molecule has 1 aliphatic rings. The summed E-state index contributed by atoms with van der Waals surface area (Å²) < 4.78 is 11.7. The molecule has 18 heteroatoms. The van der Waals surface area contributed by atoms with Gasteiger partial charge in [0.25, 0.3) is 0 Å². The number of aromatic nitrogens is 3. The highest BCUT2D eigenvalue weighted by Crippen LogP contribution is 2.42. The lowest BCUT2D eigenvalue weighted by molar-refractivity contribution is -0.159. The average molecular weight is 771 g/mol. The van der Waals surface area contributed by atoms with Gasteiger partial charge >= 0.3 is 24.0 Å². The van der Waals surface area contributed by atoms with Crippen LogP contribution in [-0.4, -0.2) is 102 Å². The van der Waals surface area contributed by atoms with Gasteiger partial charge < -0.3 is 30.7 Å². The summed E-state index contributed by atoms with van der Waals surface area (Å²) in [6.07, 6.45) is 10.4. The molecule has 0 spiro atoms. The molecule has 282 valence electrons. The van der Waals surface area contributed by atoms with Gasteiger partial charge in [0.05, 0.1) is 36.3 Å². The maximum Gasteiger partial charge on any atom is 0.408 e. The standard InChI is InChI=1S/C11H20O4S.C10H15N5S.C10H19NO4S.ClH/c1-11(2,3)15-9(12)7-8(10(13)14)5-6-16-4;1-16-5-2-8(12)9-6-15(14-13-9)10(7-11)3-4-10;1-10(2,3)15-9(14)11-7(8(12)13)5-6-16-4;/h8H,5-7H2,1-4H3,(H,13,14);6,8H,2-5,12H2,1H3;7H,5-6H2,1-4H3,(H,11,14)(H,12,13);1H/t2*8-;7-;/m100./s1. The third kappa shape index (κ3) is 22.1. The molecule has 14 nitrogen and oxygen atoms in total. The SMILES string of the molecule is CSCC[C@H](CC(=O)OC(C)(C)C)C(=O)O.CSCC[C@H](N)c1cn(C2(C#N)CC2)nn1.CSCC[C@H](NC(=O)OC(C)(C)C)C(=O)O.Cl. The van der Waals surface area contributed by atoms with Crippen LogP contribution in [0.3, 0.4) is 0 Å². The topological polar surface area (TPSA) is 220 Å². The number of thioether (sulfide) groups is 3. The summed E-state index contributed by atoms with van der Waals surface area (Å²) in [5.74, 6) is -0.632. The predicted molar refractivity (Wildman–Crippen MR) is 198 cm³/mol. The van der Waals surface area contributed by atoms with Crippen molar-refractivity contribution in [2.75, 3.05) is 36.0 Å². The first-order chi connectivity index (χ1) is 22.2. The van der Waals surface area contributed by atoms with Crippen LogP contribution < -0.4 is 11.1 Å². The Morgan fingerprint density at radius 2 is 1.47 bits per heavy atom. The fraction of sp³-hybridized carbons (Fsp3) is 0.774. The fourth-order valence-corrected chi connectivity index (χ4v) is 5.14. The number of carbonyl (C=O) groups excluding carboxylic acids is 2. The van der Waals surface area contributed by atoms with Crippen LogP contribution in [0.1, 0.15) is 91.8 Å². The van der Waals surface area contributed by atoms with Crippen LogP contribution in [0.4, 0.5) is 4.79 Å². The highest BCUT2D eigenvalue weighted by atomic mass is 35.5. The molecule has 1 aromatic rings. The Labute approximate surface area is 309 Å². The van der Waals surface area contributed by atoms with Crippen LogP contribution in [0.5, 0.6) is 0 Å². The van der Waals surface area contributed by atoms with Crippen LogP contribution in [-0.2, 0) is 29.4 Å². The minimum Gasteiger partial charge on any atom is -0.481 e. The number of carbonyl (C=O) groups is 4. The normalized spacial score (nSPS) is 14.8. The Bertz CT molecular complexity index is 1150. The molecule has 1 heterocycles. The number of amides is 1. The van der Waals surface area contributed by atoms with Crippen LogP contribution in [0, 0.1) is 17.2 Å². The van der Waals surface area contributed by atoms with E-state index in [1.165, 1.54) is 11.8 Å². The van der Waals surface area contributed by atoms with Crippen LogP contribution in [0.25, 0.3) is 0 Å². The predicted octanol–water partition coefficient (Wildman–Crippen LogP) is 5.35. The van der Waals surface area contributed by atoms with Gasteiger partial charge in [0.2, 0.25) is 0 Å². The average Bonchev–Trinajstić information content (AvgIpc) is 3.61. The highest BCUT2D eigenvalue weighted by Gasteiger charge is 2.46. The number of aliphatic carboxylic acids is 2. The summed E-state index contributed by atoms with van der Waals surface area (Å²) in [4.78, 5) is 44.5. The molecular formula is C31H55ClN6O8S3. The molecule has 1 amide bonds. The molecule has 3 atom stereocenters. The number of rotatable bonds is 16. The number of carboxylic acids is 2. The minimum atomic E-state index is -1.04. The van der Waals surface area contributed by atoms with Gasteiger partial charge in [0.15, 0.2) is 5.54 Å². The lowest BCUT2D eigenvalue weighted by Crippen LogP contribution is -2.43. The summed E-state index contributed by atoms with van der Waals surface area (Å²) in [5.41, 5.74) is 5.17. The van der Waals surface area contributed by atoms with E-state index in [1.54, 1.807) is 69.7 Å². The Morgan fingerprint density at radius 1 is 0.959 bits per heavy atom. The van der Waals surface area contributed by atoms with E-state index in [2.05, 4.69) is 28.0 Å². The van der Waals surface area contributed by atoms with Gasteiger partial charge in [-0.05, 0) is 110 Å². The first kappa shape index (κ1) is 48.7. The molecule has 1 aromatic heterocycles. The third-order valence-electron chi connectivity index (χ3n) is 6.35. The molecular weight excluding hydrogens is 716 g/mol. The van der Waals surface area contributed by atoms with Crippen LogP contribution in [0.2, 0.25) is 0 Å². The molecule has 1 aliphatic carbocycles. The Balaban J connectivity index is 0. The van der Waals surface area contributed by atoms with Crippen molar-refractivity contribution in [3.8, 4) is 6.07 Å². The maximum absolute atomic E-state index is 11.4. The Kier molecular flexibility index (Phi) is 23.8. The van der Waals surface area contributed by atoms with E-state index in [9.17, 15) is 19.2 Å². The number of alkyl carbamates (subject to hydrolysis) is 1.